The summed E-state index contributed by atoms with van der Waals surface area (Å²) in [5.74, 6) is -1.24. The molecule has 0 bridgehead atoms. The molecule has 2 rings (SSSR count). The molecule has 5 nitrogen and oxygen atoms in total. The Morgan fingerprint density at radius 3 is 2.48 bits per heavy atom. The van der Waals surface area contributed by atoms with Gasteiger partial charge in [0.05, 0.1) is 12.0 Å². The van der Waals surface area contributed by atoms with E-state index < -0.39 is 5.97 Å². The molecule has 0 unspecified atom stereocenters. The van der Waals surface area contributed by atoms with Crippen molar-refractivity contribution in [2.45, 2.75) is 20.3 Å². The zero-order chi connectivity index (χ0) is 15.6. The van der Waals surface area contributed by atoms with Gasteiger partial charge >= 0.3 is 5.97 Å². The average molecular weight is 286 g/mol. The Bertz CT molecular complexity index is 702. The third-order valence-electron chi connectivity index (χ3n) is 3.46. The van der Waals surface area contributed by atoms with Crippen molar-refractivity contribution in [2.24, 2.45) is 7.05 Å². The summed E-state index contributed by atoms with van der Waals surface area (Å²) in [5, 5.41) is 12.1. The fraction of sp³-hybridized carbons (Fsp3) is 0.250. The average Bonchev–Trinajstić information content (AvgIpc) is 2.67. The van der Waals surface area contributed by atoms with E-state index >= 15 is 0 Å². The lowest BCUT2D eigenvalue weighted by molar-refractivity contribution is -0.115. The summed E-state index contributed by atoms with van der Waals surface area (Å²) < 4.78 is 1.69. The molecule has 21 heavy (non-hydrogen) atoms. The lowest BCUT2D eigenvalue weighted by Crippen LogP contribution is -2.18. The number of nitrogens with one attached hydrogen (secondary N) is 1. The van der Waals surface area contributed by atoms with E-state index in [-0.39, 0.29) is 17.9 Å². The molecule has 0 fully saturated rings. The van der Waals surface area contributed by atoms with E-state index in [1.165, 1.54) is 0 Å². The van der Waals surface area contributed by atoms with E-state index in [1.54, 1.807) is 24.7 Å². The maximum atomic E-state index is 12.2. The van der Waals surface area contributed by atoms with Crippen molar-refractivity contribution < 1.29 is 14.7 Å². The Morgan fingerprint density at radius 1 is 1.19 bits per heavy atom. The van der Waals surface area contributed by atoms with E-state index in [0.717, 1.165) is 11.3 Å². The number of aromatic carboxylic acids is 1. The second-order valence-corrected chi connectivity index (χ2v) is 5.09. The van der Waals surface area contributed by atoms with Gasteiger partial charge in [-0.2, -0.15) is 0 Å². The van der Waals surface area contributed by atoms with Crippen LogP contribution in [0.3, 0.4) is 0 Å². The second-order valence-electron chi connectivity index (χ2n) is 5.09. The van der Waals surface area contributed by atoms with Gasteiger partial charge in [0.25, 0.3) is 0 Å². The van der Waals surface area contributed by atoms with Gasteiger partial charge in [0.15, 0.2) is 0 Å². The molecule has 0 spiro atoms. The molecule has 2 N–H and O–H groups in total. The molecule has 0 saturated heterocycles. The number of aryl methyl sites for hydroxylation is 3. The summed E-state index contributed by atoms with van der Waals surface area (Å²) in [6, 6.07) is 7.47. The maximum absolute atomic E-state index is 12.2. The van der Waals surface area contributed by atoms with Crippen molar-refractivity contribution in [3.63, 3.8) is 0 Å². The molecule has 0 aliphatic heterocycles. The first-order valence-corrected chi connectivity index (χ1v) is 6.63. The lowest BCUT2D eigenvalue weighted by atomic mass is 10.1. The summed E-state index contributed by atoms with van der Waals surface area (Å²) in [7, 11) is 1.75. The normalized spacial score (nSPS) is 10.4. The first-order chi connectivity index (χ1) is 9.90. The van der Waals surface area contributed by atoms with E-state index in [2.05, 4.69) is 5.32 Å². The van der Waals surface area contributed by atoms with Crippen LogP contribution < -0.4 is 5.32 Å². The van der Waals surface area contributed by atoms with Crippen molar-refractivity contribution in [3.8, 4) is 0 Å². The van der Waals surface area contributed by atoms with Crippen LogP contribution in [0.4, 0.5) is 5.69 Å². The maximum Gasteiger partial charge on any atom is 0.337 e. The number of amides is 1. The zero-order valence-electron chi connectivity index (χ0n) is 12.3. The number of rotatable bonds is 4. The van der Waals surface area contributed by atoms with Crippen LogP contribution in [0.15, 0.2) is 30.5 Å². The summed E-state index contributed by atoms with van der Waals surface area (Å²) in [4.78, 5) is 23.5. The van der Waals surface area contributed by atoms with Crippen LogP contribution in [0.2, 0.25) is 0 Å². The van der Waals surface area contributed by atoms with Gasteiger partial charge in [0.1, 0.15) is 0 Å². The highest BCUT2D eigenvalue weighted by Gasteiger charge is 2.20. The molecule has 2 aromatic rings. The van der Waals surface area contributed by atoms with Gasteiger partial charge < -0.3 is 15.0 Å². The molecule has 110 valence electrons. The van der Waals surface area contributed by atoms with Crippen molar-refractivity contribution >= 4 is 17.6 Å². The summed E-state index contributed by atoms with van der Waals surface area (Å²) in [6.07, 6.45) is 1.75. The summed E-state index contributed by atoms with van der Waals surface area (Å²) in [5.41, 5.74) is 3.07. The topological polar surface area (TPSA) is 71.3 Å². The fourth-order valence-electron chi connectivity index (χ4n) is 2.40. The first kappa shape index (κ1) is 14.8. The first-order valence-electron chi connectivity index (χ1n) is 6.63. The predicted octanol–water partition coefficient (Wildman–Crippen LogP) is 2.52. The number of para-hydroxylation sites is 1. The molecule has 0 saturated carbocycles. The predicted molar refractivity (Wildman–Crippen MR) is 80.6 cm³/mol. The molecule has 5 heteroatoms. The number of carboxylic acids is 1. The molecular formula is C16H18N2O3. The number of benzene rings is 1. The van der Waals surface area contributed by atoms with E-state index in [9.17, 15) is 14.7 Å². The van der Waals surface area contributed by atoms with Gasteiger partial charge in [-0.3, -0.25) is 4.79 Å². The number of aromatic nitrogens is 1. The molecule has 0 aliphatic carbocycles. The number of carbonyl (C=O) groups is 2. The number of nitrogens with zero attached hydrogens (tertiary/aromatic N) is 1. The van der Waals surface area contributed by atoms with Crippen LogP contribution in [0, 0.1) is 13.8 Å². The van der Waals surface area contributed by atoms with Crippen LogP contribution in [-0.4, -0.2) is 21.6 Å². The highest BCUT2D eigenvalue weighted by molar-refractivity contribution is 5.96. The standard InChI is InChI=1S/C16H18N2O3/c1-10-6-4-5-7-12(10)17-14(19)8-13-15(16(20)21)11(2)9-18(13)3/h4-7,9H,8H2,1-3H3,(H,17,19)(H,20,21). The second kappa shape index (κ2) is 5.83. The molecule has 1 aromatic heterocycles. The summed E-state index contributed by atoms with van der Waals surface area (Å²) >= 11 is 0. The van der Waals surface area contributed by atoms with Gasteiger partial charge in [-0.1, -0.05) is 18.2 Å². The zero-order valence-corrected chi connectivity index (χ0v) is 12.3. The molecule has 1 heterocycles. The fourth-order valence-corrected chi connectivity index (χ4v) is 2.40. The number of carboxylic acid groups (broad SMARTS) is 1. The Labute approximate surface area is 123 Å². The lowest BCUT2D eigenvalue weighted by Gasteiger charge is -2.09. The number of anilines is 1. The van der Waals surface area contributed by atoms with E-state index in [4.69, 9.17) is 0 Å². The van der Waals surface area contributed by atoms with Crippen LogP contribution in [0.1, 0.15) is 27.2 Å². The van der Waals surface area contributed by atoms with E-state index in [0.29, 0.717) is 11.3 Å². The number of hydrogen-bond donors (Lipinski definition) is 2. The Kier molecular flexibility index (Phi) is 4.12. The SMILES string of the molecule is Cc1ccccc1NC(=O)Cc1c(C(=O)O)c(C)cn1C. The highest BCUT2D eigenvalue weighted by Crippen LogP contribution is 2.18. The minimum absolute atomic E-state index is 0.0281. The largest absolute Gasteiger partial charge is 0.478 e. The highest BCUT2D eigenvalue weighted by atomic mass is 16.4. The minimum atomic E-state index is -1.01. The van der Waals surface area contributed by atoms with Gasteiger partial charge in [0, 0.05) is 24.6 Å². The smallest absolute Gasteiger partial charge is 0.337 e. The third-order valence-corrected chi connectivity index (χ3v) is 3.46. The number of hydrogen-bond acceptors (Lipinski definition) is 2. The quantitative estimate of drug-likeness (QED) is 0.907. The van der Waals surface area contributed by atoms with Crippen molar-refractivity contribution in [3.05, 3.63) is 52.8 Å². The van der Waals surface area contributed by atoms with Gasteiger partial charge in [0.2, 0.25) is 5.91 Å². The van der Waals surface area contributed by atoms with Crippen molar-refractivity contribution in [1.82, 2.24) is 4.57 Å². The molecule has 0 aliphatic rings. The number of carbonyl (C=O) groups excluding carboxylic acids is 1. The van der Waals surface area contributed by atoms with Crippen LogP contribution in [0.25, 0.3) is 0 Å². The van der Waals surface area contributed by atoms with Crippen LogP contribution in [-0.2, 0) is 18.3 Å². The Hall–Kier alpha value is -2.56. The molecule has 1 amide bonds. The minimum Gasteiger partial charge on any atom is -0.478 e. The van der Waals surface area contributed by atoms with Gasteiger partial charge in [-0.15, -0.1) is 0 Å². The van der Waals surface area contributed by atoms with Gasteiger partial charge in [-0.05, 0) is 31.0 Å². The van der Waals surface area contributed by atoms with Crippen molar-refractivity contribution in [2.75, 3.05) is 5.32 Å². The molecule has 0 atom stereocenters. The third kappa shape index (κ3) is 3.13. The molecular weight excluding hydrogens is 268 g/mol. The van der Waals surface area contributed by atoms with E-state index in [1.807, 2.05) is 31.2 Å². The van der Waals surface area contributed by atoms with Gasteiger partial charge in [-0.25, -0.2) is 4.79 Å². The van der Waals surface area contributed by atoms with Crippen molar-refractivity contribution in [1.29, 1.82) is 0 Å². The molecule has 0 radical (unpaired) electrons. The Morgan fingerprint density at radius 2 is 1.86 bits per heavy atom. The Balaban J connectivity index is 2.21. The summed E-state index contributed by atoms with van der Waals surface area (Å²) in [6.45, 7) is 3.64. The van der Waals surface area contributed by atoms with Crippen LogP contribution >= 0.6 is 0 Å². The monoisotopic (exact) mass is 286 g/mol. The molecule has 1 aromatic carbocycles. The van der Waals surface area contributed by atoms with Crippen LogP contribution in [0.5, 0.6) is 0 Å².